The van der Waals surface area contributed by atoms with Gasteiger partial charge < -0.3 is 5.73 Å². The van der Waals surface area contributed by atoms with E-state index < -0.39 is 0 Å². The van der Waals surface area contributed by atoms with Crippen LogP contribution in [0.5, 0.6) is 0 Å². The Morgan fingerprint density at radius 3 is 2.18 bits per heavy atom. The molecule has 0 atom stereocenters. The van der Waals surface area contributed by atoms with E-state index in [-0.39, 0.29) is 23.9 Å². The van der Waals surface area contributed by atoms with Gasteiger partial charge in [0.05, 0.1) is 12.1 Å². The summed E-state index contributed by atoms with van der Waals surface area (Å²) in [6.45, 7) is 5.96. The van der Waals surface area contributed by atoms with Crippen LogP contribution in [0.3, 0.4) is 0 Å². The molecule has 0 heterocycles. The Labute approximate surface area is 129 Å². The van der Waals surface area contributed by atoms with Gasteiger partial charge in [-0.3, -0.25) is 4.79 Å². The Hall–Kier alpha value is -2.49. The molecule has 2 aromatic rings. The van der Waals surface area contributed by atoms with E-state index in [2.05, 4.69) is 4.99 Å². The van der Waals surface area contributed by atoms with Crippen LogP contribution in [0.1, 0.15) is 33.5 Å². The lowest BCUT2D eigenvalue weighted by molar-refractivity contribution is 0.100. The largest absolute Gasteiger partial charge is 0.387 e. The first-order chi connectivity index (χ1) is 10.4. The van der Waals surface area contributed by atoms with Crippen LogP contribution >= 0.6 is 0 Å². The fourth-order valence-electron chi connectivity index (χ4n) is 2.43. The van der Waals surface area contributed by atoms with E-state index in [1.54, 1.807) is 0 Å². The lowest BCUT2D eigenvalue weighted by Gasteiger charge is -2.08. The molecule has 3 nitrogen and oxygen atoms in total. The third kappa shape index (κ3) is 3.79. The molecule has 2 rings (SSSR count). The van der Waals surface area contributed by atoms with Crippen LogP contribution in [0.4, 0.5) is 10.1 Å². The number of aryl methyl sites for hydroxylation is 3. The van der Waals surface area contributed by atoms with Crippen LogP contribution in [-0.4, -0.2) is 11.6 Å². The van der Waals surface area contributed by atoms with Crippen LogP contribution in [0.15, 0.2) is 41.4 Å². The van der Waals surface area contributed by atoms with E-state index in [9.17, 15) is 9.18 Å². The number of Topliss-reactive ketones (excluding diaryl/α,β-unsaturated/α-hetero) is 1. The number of carbonyl (C=O) groups excluding carboxylic acids is 1. The third-order valence-electron chi connectivity index (χ3n) is 3.40. The van der Waals surface area contributed by atoms with E-state index in [1.807, 2.05) is 32.9 Å². The highest BCUT2D eigenvalue weighted by Gasteiger charge is 2.10. The minimum Gasteiger partial charge on any atom is -0.387 e. The molecule has 0 amide bonds. The van der Waals surface area contributed by atoms with Gasteiger partial charge >= 0.3 is 0 Å². The standard InChI is InChI=1S/C18H19FN2O/c1-11-8-12(2)18(13(3)9-11)21-17(20)10-16(22)14-4-6-15(19)7-5-14/h4-9H,10H2,1-3H3,(H2,20,21). The zero-order valence-electron chi connectivity index (χ0n) is 13.0. The van der Waals surface area contributed by atoms with E-state index in [0.717, 1.165) is 22.4 Å². The first-order valence-corrected chi connectivity index (χ1v) is 7.06. The van der Waals surface area contributed by atoms with E-state index in [0.29, 0.717) is 5.56 Å². The molecule has 2 N–H and O–H groups in total. The van der Waals surface area contributed by atoms with Gasteiger partial charge in [-0.1, -0.05) is 17.7 Å². The molecule has 0 fully saturated rings. The second-order valence-electron chi connectivity index (χ2n) is 5.46. The van der Waals surface area contributed by atoms with E-state index >= 15 is 0 Å². The van der Waals surface area contributed by atoms with Gasteiger partial charge in [-0.15, -0.1) is 0 Å². The number of nitrogens with two attached hydrogens (primary N) is 1. The summed E-state index contributed by atoms with van der Waals surface area (Å²) < 4.78 is 12.9. The van der Waals surface area contributed by atoms with Crippen molar-refractivity contribution in [3.05, 3.63) is 64.5 Å². The number of carbonyl (C=O) groups is 1. The summed E-state index contributed by atoms with van der Waals surface area (Å²) in [6, 6.07) is 9.48. The minimum atomic E-state index is -0.371. The monoisotopic (exact) mass is 298 g/mol. The maximum Gasteiger partial charge on any atom is 0.170 e. The summed E-state index contributed by atoms with van der Waals surface area (Å²) >= 11 is 0. The van der Waals surface area contributed by atoms with Crippen molar-refractivity contribution in [1.82, 2.24) is 0 Å². The van der Waals surface area contributed by atoms with Crippen LogP contribution in [0.2, 0.25) is 0 Å². The fourth-order valence-corrected chi connectivity index (χ4v) is 2.43. The van der Waals surface area contributed by atoms with Gasteiger partial charge in [-0.05, 0) is 56.2 Å². The van der Waals surface area contributed by atoms with Crippen molar-refractivity contribution in [1.29, 1.82) is 0 Å². The molecule has 0 aliphatic carbocycles. The number of halogens is 1. The van der Waals surface area contributed by atoms with Crippen molar-refractivity contribution < 1.29 is 9.18 Å². The SMILES string of the molecule is Cc1cc(C)c(N=C(N)CC(=O)c2ccc(F)cc2)c(C)c1. The number of rotatable bonds is 4. The normalized spacial score (nSPS) is 11.5. The number of aliphatic imine (C=N–C) groups is 1. The Kier molecular flexibility index (Phi) is 4.71. The first kappa shape index (κ1) is 15.9. The van der Waals surface area contributed by atoms with Crippen molar-refractivity contribution in [3.63, 3.8) is 0 Å². The van der Waals surface area contributed by atoms with Crippen molar-refractivity contribution in [3.8, 4) is 0 Å². The molecule has 114 valence electrons. The average molecular weight is 298 g/mol. The molecule has 4 heteroatoms. The van der Waals surface area contributed by atoms with Crippen molar-refractivity contribution in [2.24, 2.45) is 10.7 Å². The summed E-state index contributed by atoms with van der Waals surface area (Å²) in [5.74, 6) is -0.294. The molecular weight excluding hydrogens is 279 g/mol. The smallest absolute Gasteiger partial charge is 0.170 e. The van der Waals surface area contributed by atoms with Crippen LogP contribution in [-0.2, 0) is 0 Å². The first-order valence-electron chi connectivity index (χ1n) is 7.06. The maximum absolute atomic E-state index is 12.9. The van der Waals surface area contributed by atoms with Gasteiger partial charge in [-0.25, -0.2) is 9.38 Å². The number of hydrogen-bond acceptors (Lipinski definition) is 2. The molecule has 0 unspecified atom stereocenters. The van der Waals surface area contributed by atoms with Crippen LogP contribution in [0.25, 0.3) is 0 Å². The molecule has 0 aliphatic rings. The lowest BCUT2D eigenvalue weighted by Crippen LogP contribution is -2.17. The summed E-state index contributed by atoms with van der Waals surface area (Å²) in [5.41, 5.74) is 10.3. The fraction of sp³-hybridized carbons (Fsp3) is 0.222. The number of ketones is 1. The topological polar surface area (TPSA) is 55.4 Å². The molecule has 0 aromatic heterocycles. The molecule has 0 aliphatic heterocycles. The lowest BCUT2D eigenvalue weighted by atomic mass is 10.0. The van der Waals surface area contributed by atoms with Gasteiger partial charge in [-0.2, -0.15) is 0 Å². The summed E-state index contributed by atoms with van der Waals surface area (Å²) in [7, 11) is 0. The average Bonchev–Trinajstić information content (AvgIpc) is 2.43. The molecule has 2 aromatic carbocycles. The summed E-state index contributed by atoms with van der Waals surface area (Å²) in [6.07, 6.45) is 0.0123. The van der Waals surface area contributed by atoms with Gasteiger partial charge in [0.1, 0.15) is 11.7 Å². The van der Waals surface area contributed by atoms with Gasteiger partial charge in [0.15, 0.2) is 5.78 Å². The Morgan fingerprint density at radius 2 is 1.64 bits per heavy atom. The van der Waals surface area contributed by atoms with Gasteiger partial charge in [0.2, 0.25) is 0 Å². The molecule has 0 bridgehead atoms. The highest BCUT2D eigenvalue weighted by atomic mass is 19.1. The second kappa shape index (κ2) is 6.52. The Balaban J connectivity index is 2.20. The van der Waals surface area contributed by atoms with Gasteiger partial charge in [0, 0.05) is 5.56 Å². The second-order valence-corrected chi connectivity index (χ2v) is 5.46. The van der Waals surface area contributed by atoms with E-state index in [4.69, 9.17) is 5.73 Å². The van der Waals surface area contributed by atoms with Crippen LogP contribution < -0.4 is 5.73 Å². The third-order valence-corrected chi connectivity index (χ3v) is 3.40. The van der Waals surface area contributed by atoms with Crippen molar-refractivity contribution in [2.45, 2.75) is 27.2 Å². The predicted octanol–water partition coefficient (Wildman–Crippen LogP) is 4.01. The zero-order chi connectivity index (χ0) is 16.3. The van der Waals surface area contributed by atoms with Crippen LogP contribution in [0, 0.1) is 26.6 Å². The minimum absolute atomic E-state index is 0.0123. The highest BCUT2D eigenvalue weighted by molar-refractivity contribution is 6.09. The van der Waals surface area contributed by atoms with Gasteiger partial charge in [0.25, 0.3) is 0 Å². The van der Waals surface area contributed by atoms with E-state index in [1.165, 1.54) is 24.3 Å². The highest BCUT2D eigenvalue weighted by Crippen LogP contribution is 2.25. The quantitative estimate of drug-likeness (QED) is 0.526. The Morgan fingerprint density at radius 1 is 1.09 bits per heavy atom. The molecule has 0 saturated carbocycles. The zero-order valence-corrected chi connectivity index (χ0v) is 13.0. The molecule has 0 saturated heterocycles. The molecular formula is C18H19FN2O. The van der Waals surface area contributed by atoms with Crippen molar-refractivity contribution >= 4 is 17.3 Å². The summed E-state index contributed by atoms with van der Waals surface area (Å²) in [4.78, 5) is 16.5. The predicted molar refractivity (Wildman–Crippen MR) is 87.3 cm³/mol. The number of benzene rings is 2. The number of nitrogens with zero attached hydrogens (tertiary/aromatic N) is 1. The number of hydrogen-bond donors (Lipinski definition) is 1. The molecule has 0 radical (unpaired) electrons. The Bertz CT molecular complexity index is 710. The molecule has 22 heavy (non-hydrogen) atoms. The maximum atomic E-state index is 12.9. The van der Waals surface area contributed by atoms with Crippen molar-refractivity contribution in [2.75, 3.05) is 0 Å². The summed E-state index contributed by atoms with van der Waals surface area (Å²) in [5, 5.41) is 0. The number of amidine groups is 1. The molecule has 0 spiro atoms.